The molecule has 3 aliphatic rings. The van der Waals surface area contributed by atoms with E-state index in [1.54, 1.807) is 0 Å². The Bertz CT molecular complexity index is 2200. The van der Waals surface area contributed by atoms with Gasteiger partial charge in [-0.25, -0.2) is 0 Å². The fourth-order valence-electron chi connectivity index (χ4n) is 7.48. The quantitative estimate of drug-likeness (QED) is 0.245. The highest BCUT2D eigenvalue weighted by atomic mass is 14.7. The van der Waals surface area contributed by atoms with Gasteiger partial charge in [0.05, 0.1) is 5.69 Å². The molecule has 2 atom stereocenters. The average Bonchev–Trinajstić information content (AvgIpc) is 3.07. The summed E-state index contributed by atoms with van der Waals surface area (Å²) in [5, 5.41) is 5.47. The number of rotatable bonds is 4. The molecule has 1 heteroatoms. The van der Waals surface area contributed by atoms with Crippen LogP contribution in [0.2, 0.25) is 0 Å². The zero-order chi connectivity index (χ0) is 28.8. The molecule has 1 heterocycles. The zero-order valence-electron chi connectivity index (χ0n) is 24.4. The molecule has 2 unspecified atom stereocenters. The second-order valence-electron chi connectivity index (χ2n) is 11.8. The summed E-state index contributed by atoms with van der Waals surface area (Å²) >= 11 is 0. The molecule has 0 N–H and O–H groups in total. The van der Waals surface area contributed by atoms with Crippen LogP contribution < -0.4 is 20.9 Å². The lowest BCUT2D eigenvalue weighted by Crippen LogP contribution is -2.42. The van der Waals surface area contributed by atoms with Crippen LogP contribution in [0.15, 0.2) is 146 Å². The van der Waals surface area contributed by atoms with E-state index in [2.05, 4.69) is 153 Å². The predicted molar refractivity (Wildman–Crippen MR) is 179 cm³/mol. The van der Waals surface area contributed by atoms with Crippen molar-refractivity contribution in [2.75, 3.05) is 0 Å². The summed E-state index contributed by atoms with van der Waals surface area (Å²) in [4.78, 5) is 4.83. The fourth-order valence-corrected chi connectivity index (χ4v) is 7.48. The normalized spacial score (nSPS) is 18.7. The Morgan fingerprint density at radius 2 is 1.05 bits per heavy atom. The first-order valence-electron chi connectivity index (χ1n) is 15.4. The Kier molecular flexibility index (Phi) is 6.38. The van der Waals surface area contributed by atoms with E-state index in [4.69, 9.17) is 4.98 Å². The molecule has 8 rings (SSSR count). The van der Waals surface area contributed by atoms with Gasteiger partial charge in [0, 0.05) is 23.1 Å². The summed E-state index contributed by atoms with van der Waals surface area (Å²) in [6, 6.07) is 44.4. The van der Waals surface area contributed by atoms with Gasteiger partial charge in [0.2, 0.25) is 0 Å². The van der Waals surface area contributed by atoms with Gasteiger partial charge in [-0.3, -0.25) is 4.98 Å². The summed E-state index contributed by atoms with van der Waals surface area (Å²) in [6.07, 6.45) is 11.4. The molecule has 0 fully saturated rings. The van der Waals surface area contributed by atoms with E-state index in [-0.39, 0.29) is 11.8 Å². The number of fused-ring (bicyclic) bond motifs is 3. The number of hydrogen-bond donors (Lipinski definition) is 0. The smallest absolute Gasteiger partial charge is 0.0705 e. The number of aromatic nitrogens is 1. The maximum absolute atomic E-state index is 4.83. The van der Waals surface area contributed by atoms with Crippen LogP contribution in [0, 0.1) is 18.8 Å². The molecule has 0 saturated heterocycles. The van der Waals surface area contributed by atoms with Crippen LogP contribution in [0.4, 0.5) is 0 Å². The zero-order valence-corrected chi connectivity index (χ0v) is 24.4. The molecule has 0 radical (unpaired) electrons. The number of nitrogens with zero attached hydrogens (tertiary/aromatic N) is 1. The SMILES string of the molecule is Cc1cccc(-c2cccc(C3=c4ccccc4=C(C4=c5ccccc5=C(c5ccccc5)CC4)C4C=CC=CC34)c2)n1. The highest BCUT2D eigenvalue weighted by Crippen LogP contribution is 2.42. The van der Waals surface area contributed by atoms with Gasteiger partial charge in [0.15, 0.2) is 0 Å². The third kappa shape index (κ3) is 4.44. The monoisotopic (exact) mass is 551 g/mol. The van der Waals surface area contributed by atoms with Crippen LogP contribution in [-0.2, 0) is 0 Å². The van der Waals surface area contributed by atoms with Crippen molar-refractivity contribution in [3.05, 3.63) is 183 Å². The van der Waals surface area contributed by atoms with E-state index in [0.29, 0.717) is 0 Å². The summed E-state index contributed by atoms with van der Waals surface area (Å²) < 4.78 is 0. The molecule has 3 aliphatic carbocycles. The predicted octanol–water partition coefficient (Wildman–Crippen LogP) is 6.62. The molecule has 1 nitrogen and oxygen atoms in total. The lowest BCUT2D eigenvalue weighted by atomic mass is 9.68. The van der Waals surface area contributed by atoms with Crippen molar-refractivity contribution < 1.29 is 0 Å². The Hall–Kier alpha value is -5.01. The van der Waals surface area contributed by atoms with Gasteiger partial charge in [0.1, 0.15) is 0 Å². The Morgan fingerprint density at radius 3 is 1.79 bits per heavy atom. The van der Waals surface area contributed by atoms with Crippen LogP contribution >= 0.6 is 0 Å². The molecule has 0 spiro atoms. The second kappa shape index (κ2) is 10.7. The molecule has 0 amide bonds. The largest absolute Gasteiger partial charge is 0.253 e. The number of aryl methyl sites for hydroxylation is 1. The van der Waals surface area contributed by atoms with Gasteiger partial charge in [0.25, 0.3) is 0 Å². The van der Waals surface area contributed by atoms with Gasteiger partial charge in [-0.15, -0.1) is 0 Å². The first kappa shape index (κ1) is 25.7. The second-order valence-corrected chi connectivity index (χ2v) is 11.8. The summed E-state index contributed by atoms with van der Waals surface area (Å²) in [5.74, 6) is 0.534. The molecule has 0 aliphatic heterocycles. The molecule has 4 aromatic carbocycles. The minimum absolute atomic E-state index is 0.259. The third-order valence-corrected chi connectivity index (χ3v) is 9.32. The first-order chi connectivity index (χ1) is 21.3. The average molecular weight is 552 g/mol. The molecule has 43 heavy (non-hydrogen) atoms. The lowest BCUT2D eigenvalue weighted by Gasteiger charge is -2.35. The van der Waals surface area contributed by atoms with Crippen LogP contribution in [0.1, 0.15) is 29.7 Å². The van der Waals surface area contributed by atoms with Gasteiger partial charge < -0.3 is 0 Å². The number of benzene rings is 4. The van der Waals surface area contributed by atoms with Crippen molar-refractivity contribution in [3.63, 3.8) is 0 Å². The lowest BCUT2D eigenvalue weighted by molar-refractivity contribution is 0.688. The number of pyridine rings is 1. The van der Waals surface area contributed by atoms with Crippen LogP contribution in [-0.4, -0.2) is 4.98 Å². The Balaban J connectivity index is 1.44. The van der Waals surface area contributed by atoms with Crippen LogP contribution in [0.3, 0.4) is 0 Å². The number of allylic oxidation sites excluding steroid dienone is 4. The van der Waals surface area contributed by atoms with Crippen molar-refractivity contribution in [1.82, 2.24) is 4.98 Å². The molecular weight excluding hydrogens is 518 g/mol. The molecule has 5 aromatic rings. The summed E-state index contributed by atoms with van der Waals surface area (Å²) in [5.41, 5.74) is 11.7. The Labute approximate surface area is 252 Å². The highest BCUT2D eigenvalue weighted by Gasteiger charge is 2.33. The van der Waals surface area contributed by atoms with E-state index in [9.17, 15) is 0 Å². The van der Waals surface area contributed by atoms with Gasteiger partial charge in [-0.05, 0) is 92.3 Å². The number of hydrogen-bond acceptors (Lipinski definition) is 1. The molecule has 0 bridgehead atoms. The van der Waals surface area contributed by atoms with Crippen molar-refractivity contribution in [2.24, 2.45) is 11.8 Å². The van der Waals surface area contributed by atoms with Crippen molar-refractivity contribution in [1.29, 1.82) is 0 Å². The first-order valence-corrected chi connectivity index (χ1v) is 15.4. The minimum Gasteiger partial charge on any atom is -0.253 e. The Morgan fingerprint density at radius 1 is 0.488 bits per heavy atom. The van der Waals surface area contributed by atoms with Crippen LogP contribution in [0.5, 0.6) is 0 Å². The molecule has 0 saturated carbocycles. The minimum atomic E-state index is 0.259. The summed E-state index contributed by atoms with van der Waals surface area (Å²) in [6.45, 7) is 2.06. The molecular formula is C42H33N. The van der Waals surface area contributed by atoms with Crippen molar-refractivity contribution in [3.8, 4) is 11.3 Å². The molecule has 1 aromatic heterocycles. The maximum atomic E-state index is 4.83. The maximum Gasteiger partial charge on any atom is 0.0705 e. The topological polar surface area (TPSA) is 12.9 Å². The van der Waals surface area contributed by atoms with Crippen molar-refractivity contribution >= 4 is 22.3 Å². The fraction of sp³-hybridized carbons (Fsp3) is 0.119. The van der Waals surface area contributed by atoms with Gasteiger partial charge in [-0.1, -0.05) is 127 Å². The van der Waals surface area contributed by atoms with E-state index in [1.165, 1.54) is 54.3 Å². The van der Waals surface area contributed by atoms with E-state index < -0.39 is 0 Å². The highest BCUT2D eigenvalue weighted by molar-refractivity contribution is 5.95. The van der Waals surface area contributed by atoms with E-state index in [0.717, 1.165) is 29.8 Å². The van der Waals surface area contributed by atoms with Gasteiger partial charge >= 0.3 is 0 Å². The van der Waals surface area contributed by atoms with Crippen molar-refractivity contribution in [2.45, 2.75) is 19.8 Å². The van der Waals surface area contributed by atoms with Gasteiger partial charge in [-0.2, -0.15) is 0 Å². The molecule has 206 valence electrons. The third-order valence-electron chi connectivity index (χ3n) is 9.32. The van der Waals surface area contributed by atoms with E-state index in [1.807, 2.05) is 0 Å². The van der Waals surface area contributed by atoms with E-state index >= 15 is 0 Å². The summed E-state index contributed by atoms with van der Waals surface area (Å²) in [7, 11) is 0. The standard InChI is InChI=1S/C42H33N/c1-28-13-11-24-40(43-28)30-16-12-17-31(27-30)41-35-20-7-9-22-37(35)42(38-23-10-8-21-36(38)41)39-26-25-32(29-14-3-2-4-15-29)33-18-5-6-19-34(33)39/h2-24,27,35,37H,25-26H2,1H3. The van der Waals surface area contributed by atoms with Crippen LogP contribution in [0.25, 0.3) is 33.5 Å².